The Kier molecular flexibility index (Phi) is 9.90. The van der Waals surface area contributed by atoms with Crippen LogP contribution in [0.4, 0.5) is 11.4 Å². The molecule has 5 nitrogen and oxygen atoms in total. The summed E-state index contributed by atoms with van der Waals surface area (Å²) in [7, 11) is 0. The van der Waals surface area contributed by atoms with Crippen molar-refractivity contribution < 1.29 is 14.4 Å². The Morgan fingerprint density at radius 2 is 1.10 bits per heavy atom. The van der Waals surface area contributed by atoms with Crippen LogP contribution in [0.25, 0.3) is 0 Å². The second kappa shape index (κ2) is 13.3. The van der Waals surface area contributed by atoms with Crippen LogP contribution in [0.2, 0.25) is 0 Å². The molecule has 0 atom stereocenters. The smallest absolute Gasteiger partial charge is 0.236 e. The minimum absolute atomic E-state index is 0.0418. The normalized spacial score (nSPS) is 10.7. The monoisotopic (exact) mass is 742 g/mol. The van der Waals surface area contributed by atoms with Gasteiger partial charge in [-0.1, -0.05) is 66.7 Å². The summed E-state index contributed by atoms with van der Waals surface area (Å²) in [6, 6.07) is 30.7. The summed E-state index contributed by atoms with van der Waals surface area (Å²) in [4.78, 5) is 43.0. The number of ketones is 1. The third-order valence-electron chi connectivity index (χ3n) is 6.31. The molecule has 0 aromatic heterocycles. The summed E-state index contributed by atoms with van der Waals surface area (Å²) < 4.78 is 1.71. The number of nitrogens with zero attached hydrogens (tertiary/aromatic N) is 2. The van der Waals surface area contributed by atoms with Gasteiger partial charge in [0.1, 0.15) is 6.42 Å². The maximum Gasteiger partial charge on any atom is 0.236 e. The van der Waals surface area contributed by atoms with Gasteiger partial charge in [-0.15, -0.1) is 0 Å². The SMILES string of the molecule is CC(=O)c1ccc(N(Cc2ccccc2)C(=O)CC(=O)N(Cc2ccccc2)c2ccc(C)cc2I)c(I)c1. The number of carbonyl (C=O) groups excluding carboxylic acids is 3. The zero-order valence-electron chi connectivity index (χ0n) is 21.7. The van der Waals surface area contributed by atoms with Crippen LogP contribution >= 0.6 is 45.2 Å². The predicted molar refractivity (Wildman–Crippen MR) is 173 cm³/mol. The molecule has 0 spiro atoms. The van der Waals surface area contributed by atoms with E-state index in [1.54, 1.807) is 28.0 Å². The summed E-state index contributed by atoms with van der Waals surface area (Å²) in [5, 5.41) is 0. The van der Waals surface area contributed by atoms with E-state index in [1.165, 1.54) is 6.92 Å². The zero-order valence-corrected chi connectivity index (χ0v) is 26.0. The van der Waals surface area contributed by atoms with Crippen LogP contribution in [0.3, 0.4) is 0 Å². The lowest BCUT2D eigenvalue weighted by atomic mass is 10.1. The Labute approximate surface area is 256 Å². The highest BCUT2D eigenvalue weighted by molar-refractivity contribution is 14.1. The molecule has 0 fully saturated rings. The first-order chi connectivity index (χ1) is 18.7. The number of aryl methyl sites for hydroxylation is 1. The average molecular weight is 742 g/mol. The fraction of sp³-hybridized carbons (Fsp3) is 0.156. The van der Waals surface area contributed by atoms with Crippen molar-refractivity contribution in [2.24, 2.45) is 0 Å². The van der Waals surface area contributed by atoms with E-state index in [-0.39, 0.29) is 24.0 Å². The van der Waals surface area contributed by atoms with Crippen molar-refractivity contribution in [1.82, 2.24) is 0 Å². The number of anilines is 2. The topological polar surface area (TPSA) is 57.7 Å². The van der Waals surface area contributed by atoms with Crippen molar-refractivity contribution in [1.29, 1.82) is 0 Å². The molecule has 0 aliphatic heterocycles. The minimum atomic E-state index is -0.308. The highest BCUT2D eigenvalue weighted by atomic mass is 127. The van der Waals surface area contributed by atoms with Crippen LogP contribution < -0.4 is 9.80 Å². The second-order valence-electron chi connectivity index (χ2n) is 9.28. The van der Waals surface area contributed by atoms with Gasteiger partial charge in [-0.25, -0.2) is 0 Å². The average Bonchev–Trinajstić information content (AvgIpc) is 2.92. The Morgan fingerprint density at radius 3 is 1.54 bits per heavy atom. The number of Topliss-reactive ketones (excluding diaryl/α,β-unsaturated/α-hetero) is 1. The lowest BCUT2D eigenvalue weighted by Gasteiger charge is -2.28. The molecule has 2 amide bonds. The van der Waals surface area contributed by atoms with Crippen LogP contribution in [0.1, 0.15) is 40.4 Å². The number of benzene rings is 4. The van der Waals surface area contributed by atoms with E-state index < -0.39 is 0 Å². The van der Waals surface area contributed by atoms with Crippen LogP contribution in [-0.4, -0.2) is 17.6 Å². The Bertz CT molecular complexity index is 1490. The third-order valence-corrected chi connectivity index (χ3v) is 8.04. The van der Waals surface area contributed by atoms with Crippen molar-refractivity contribution in [3.63, 3.8) is 0 Å². The summed E-state index contributed by atoms with van der Waals surface area (Å²) in [5.41, 5.74) is 5.04. The van der Waals surface area contributed by atoms with Crippen molar-refractivity contribution in [3.05, 3.63) is 126 Å². The molecular formula is C32H28I2N2O3. The van der Waals surface area contributed by atoms with Crippen LogP contribution in [0.5, 0.6) is 0 Å². The number of amides is 2. The third kappa shape index (κ3) is 7.54. The number of hydrogen-bond donors (Lipinski definition) is 0. The molecule has 0 saturated heterocycles. The lowest BCUT2D eigenvalue weighted by Crippen LogP contribution is -2.38. The molecule has 0 unspecified atom stereocenters. The molecule has 0 saturated carbocycles. The van der Waals surface area contributed by atoms with Gasteiger partial charge in [0.05, 0.1) is 24.5 Å². The van der Waals surface area contributed by atoms with Gasteiger partial charge in [-0.3, -0.25) is 14.4 Å². The zero-order chi connectivity index (χ0) is 27.9. The Balaban J connectivity index is 1.67. The van der Waals surface area contributed by atoms with E-state index in [1.807, 2.05) is 85.8 Å². The van der Waals surface area contributed by atoms with E-state index in [4.69, 9.17) is 0 Å². The van der Waals surface area contributed by atoms with Gasteiger partial charge in [0.25, 0.3) is 0 Å². The van der Waals surface area contributed by atoms with Crippen molar-refractivity contribution in [2.75, 3.05) is 9.80 Å². The van der Waals surface area contributed by atoms with Gasteiger partial charge in [-0.2, -0.15) is 0 Å². The summed E-state index contributed by atoms with van der Waals surface area (Å²) in [6.07, 6.45) is -0.297. The van der Waals surface area contributed by atoms with E-state index in [0.29, 0.717) is 24.3 Å². The van der Waals surface area contributed by atoms with Gasteiger partial charge >= 0.3 is 0 Å². The number of carbonyl (C=O) groups is 3. The van der Waals surface area contributed by atoms with Crippen LogP contribution in [0.15, 0.2) is 97.1 Å². The van der Waals surface area contributed by atoms with Crippen LogP contribution in [-0.2, 0) is 22.7 Å². The largest absolute Gasteiger partial charge is 0.306 e. The van der Waals surface area contributed by atoms with Gasteiger partial charge in [0.2, 0.25) is 11.8 Å². The van der Waals surface area contributed by atoms with Gasteiger partial charge in [0, 0.05) is 12.7 Å². The summed E-state index contributed by atoms with van der Waals surface area (Å²) >= 11 is 4.39. The van der Waals surface area contributed by atoms with Gasteiger partial charge < -0.3 is 9.80 Å². The molecule has 4 aromatic rings. The molecule has 4 rings (SSSR count). The predicted octanol–water partition coefficient (Wildman–Crippen LogP) is 7.56. The molecular weight excluding hydrogens is 714 g/mol. The fourth-order valence-corrected chi connectivity index (χ4v) is 6.01. The lowest BCUT2D eigenvalue weighted by molar-refractivity contribution is -0.126. The fourth-order valence-electron chi connectivity index (χ4n) is 4.24. The molecule has 39 heavy (non-hydrogen) atoms. The maximum absolute atomic E-state index is 13.9. The minimum Gasteiger partial charge on any atom is -0.306 e. The maximum atomic E-state index is 13.9. The standard InChI is InChI=1S/C32H28I2N2O3/c1-22-13-15-29(27(33)17-22)35(20-24-9-5-3-6-10-24)31(38)19-32(39)36(21-25-11-7-4-8-12-25)30-16-14-26(23(2)37)18-28(30)34/h3-18H,19-21H2,1-2H3. The van der Waals surface area contributed by atoms with Crippen molar-refractivity contribution in [2.45, 2.75) is 33.4 Å². The molecule has 4 aromatic carbocycles. The quantitative estimate of drug-likeness (QED) is 0.101. The molecule has 0 N–H and O–H groups in total. The molecule has 0 aliphatic carbocycles. The first kappa shape index (κ1) is 28.9. The first-order valence-electron chi connectivity index (χ1n) is 12.5. The van der Waals surface area contributed by atoms with Crippen molar-refractivity contribution >= 4 is 74.2 Å². The van der Waals surface area contributed by atoms with E-state index in [0.717, 1.165) is 29.5 Å². The Hall–Kier alpha value is -3.05. The number of hydrogen-bond acceptors (Lipinski definition) is 3. The number of halogens is 2. The van der Waals surface area contributed by atoms with E-state index in [9.17, 15) is 14.4 Å². The van der Waals surface area contributed by atoms with Gasteiger partial charge in [-0.05, 0) is 106 Å². The molecule has 0 aliphatic rings. The van der Waals surface area contributed by atoms with Gasteiger partial charge in [0.15, 0.2) is 5.78 Å². The highest BCUT2D eigenvalue weighted by Gasteiger charge is 2.26. The number of rotatable bonds is 9. The summed E-state index contributed by atoms with van der Waals surface area (Å²) in [6.45, 7) is 4.20. The molecule has 0 bridgehead atoms. The van der Waals surface area contributed by atoms with E-state index >= 15 is 0 Å². The molecule has 0 radical (unpaired) electrons. The second-order valence-corrected chi connectivity index (χ2v) is 11.6. The highest BCUT2D eigenvalue weighted by Crippen LogP contribution is 2.29. The Morgan fingerprint density at radius 1 is 0.641 bits per heavy atom. The first-order valence-corrected chi connectivity index (χ1v) is 14.6. The summed E-state index contributed by atoms with van der Waals surface area (Å²) in [5.74, 6) is -0.628. The van der Waals surface area contributed by atoms with Crippen molar-refractivity contribution in [3.8, 4) is 0 Å². The molecule has 0 heterocycles. The van der Waals surface area contributed by atoms with Crippen LogP contribution in [0, 0.1) is 14.1 Å². The molecule has 198 valence electrons. The molecule has 7 heteroatoms. The van der Waals surface area contributed by atoms with E-state index in [2.05, 4.69) is 45.2 Å².